The highest BCUT2D eigenvalue weighted by atomic mass is 35.5. The lowest BCUT2D eigenvalue weighted by Gasteiger charge is -2.03. The molecule has 0 atom stereocenters. The van der Waals surface area contributed by atoms with E-state index >= 15 is 0 Å². The average Bonchev–Trinajstić information content (AvgIpc) is 2.32. The number of alkyl halides is 3. The minimum atomic E-state index is -0.941. The van der Waals surface area contributed by atoms with Gasteiger partial charge < -0.3 is 4.84 Å². The molecule has 0 spiro atoms. The zero-order valence-corrected chi connectivity index (χ0v) is 12.4. The Bertz CT molecular complexity index is 475. The highest BCUT2D eigenvalue weighted by Gasteiger charge is 2.13. The van der Waals surface area contributed by atoms with Crippen molar-refractivity contribution in [1.29, 1.82) is 0 Å². The summed E-state index contributed by atoms with van der Waals surface area (Å²) in [5.41, 5.74) is 0.330. The van der Waals surface area contributed by atoms with Gasteiger partial charge in [0.05, 0.1) is 21.5 Å². The number of benzene rings is 1. The van der Waals surface area contributed by atoms with E-state index in [-0.39, 0.29) is 22.2 Å². The van der Waals surface area contributed by atoms with E-state index < -0.39 is 10.8 Å². The van der Waals surface area contributed by atoms with E-state index in [2.05, 4.69) is 9.99 Å². The summed E-state index contributed by atoms with van der Waals surface area (Å²) in [5.74, 6) is -0.767. The fraction of sp³-hybridized carbons (Fsp3) is 0.200. The molecule has 0 fully saturated rings. The van der Waals surface area contributed by atoms with Gasteiger partial charge in [-0.25, -0.2) is 4.79 Å². The Kier molecular flexibility index (Phi) is 6.53. The van der Waals surface area contributed by atoms with Crippen molar-refractivity contribution in [2.75, 3.05) is 5.88 Å². The van der Waals surface area contributed by atoms with Gasteiger partial charge in [0.2, 0.25) is 0 Å². The fourth-order valence-electron chi connectivity index (χ4n) is 0.898. The summed E-state index contributed by atoms with van der Waals surface area (Å²) < 4.78 is 0. The maximum atomic E-state index is 11.6. The number of carbonyl (C=O) groups is 1. The lowest BCUT2D eigenvalue weighted by Crippen LogP contribution is -2.12. The quantitative estimate of drug-likeness (QED) is 0.346. The Balaban J connectivity index is 2.79. The van der Waals surface area contributed by atoms with Crippen LogP contribution in [0, 0.1) is 0 Å². The molecular formula is C10H6Cl5NO2. The van der Waals surface area contributed by atoms with Crippen LogP contribution < -0.4 is 0 Å². The monoisotopic (exact) mass is 347 g/mol. The minimum absolute atomic E-state index is 0.0493. The van der Waals surface area contributed by atoms with Gasteiger partial charge in [0, 0.05) is 0 Å². The first-order chi connectivity index (χ1) is 8.45. The summed E-state index contributed by atoms with van der Waals surface area (Å²) in [6, 6.07) is 4.28. The summed E-state index contributed by atoms with van der Waals surface area (Å²) in [5, 5.41) is 4.03. The maximum absolute atomic E-state index is 11.6. The van der Waals surface area contributed by atoms with Gasteiger partial charge in [-0.3, -0.25) is 0 Å². The third-order valence-corrected chi connectivity index (χ3v) is 3.31. The number of rotatable bonds is 4. The molecule has 0 saturated heterocycles. The van der Waals surface area contributed by atoms with Crippen LogP contribution in [0.2, 0.25) is 10.0 Å². The first-order valence-corrected chi connectivity index (χ1v) is 6.69. The average molecular weight is 349 g/mol. The van der Waals surface area contributed by atoms with Gasteiger partial charge in [0.25, 0.3) is 0 Å². The number of carbonyl (C=O) groups excluding carboxylic acids is 1. The third kappa shape index (κ3) is 4.48. The Morgan fingerprint density at radius 3 is 2.44 bits per heavy atom. The van der Waals surface area contributed by atoms with E-state index in [1.807, 2.05) is 0 Å². The molecule has 0 N–H and O–H groups in total. The number of nitrogens with zero attached hydrogens (tertiary/aromatic N) is 1. The maximum Gasteiger partial charge on any atom is 0.365 e. The van der Waals surface area contributed by atoms with E-state index in [0.29, 0.717) is 5.02 Å². The van der Waals surface area contributed by atoms with Gasteiger partial charge in [-0.15, -0.1) is 11.6 Å². The van der Waals surface area contributed by atoms with Crippen LogP contribution in [0.3, 0.4) is 0 Å². The van der Waals surface area contributed by atoms with Crippen molar-refractivity contribution in [2.24, 2.45) is 5.16 Å². The van der Waals surface area contributed by atoms with Crippen molar-refractivity contribution in [3.8, 4) is 0 Å². The molecule has 18 heavy (non-hydrogen) atoms. The molecule has 0 radical (unpaired) electrons. The molecule has 1 rings (SSSR count). The van der Waals surface area contributed by atoms with Gasteiger partial charge in [-0.2, -0.15) is 0 Å². The normalized spacial score (nSPS) is 11.8. The van der Waals surface area contributed by atoms with Crippen LogP contribution >= 0.6 is 58.0 Å². The molecule has 0 amide bonds. The lowest BCUT2D eigenvalue weighted by molar-refractivity contribution is 0.0516. The van der Waals surface area contributed by atoms with E-state index in [9.17, 15) is 4.79 Å². The van der Waals surface area contributed by atoms with E-state index in [1.54, 1.807) is 0 Å². The topological polar surface area (TPSA) is 38.7 Å². The molecule has 98 valence electrons. The molecule has 1 aromatic rings. The van der Waals surface area contributed by atoms with Crippen molar-refractivity contribution in [3.63, 3.8) is 0 Å². The molecular weight excluding hydrogens is 343 g/mol. The second kappa shape index (κ2) is 7.41. The van der Waals surface area contributed by atoms with Gasteiger partial charge in [0.1, 0.15) is 10.5 Å². The minimum Gasteiger partial charge on any atom is -0.313 e. The second-order valence-corrected chi connectivity index (χ2v) is 5.20. The van der Waals surface area contributed by atoms with E-state index in [1.165, 1.54) is 18.2 Å². The van der Waals surface area contributed by atoms with Crippen LogP contribution in [0.5, 0.6) is 0 Å². The van der Waals surface area contributed by atoms with Crippen LogP contribution in [0.15, 0.2) is 23.4 Å². The molecule has 0 unspecified atom stereocenters. The Morgan fingerprint density at radius 1 is 1.28 bits per heavy atom. The van der Waals surface area contributed by atoms with Crippen molar-refractivity contribution in [3.05, 3.63) is 33.8 Å². The smallest absolute Gasteiger partial charge is 0.313 e. The zero-order valence-electron chi connectivity index (χ0n) is 8.67. The number of oxime groups is 1. The molecule has 3 nitrogen and oxygen atoms in total. The molecule has 0 bridgehead atoms. The highest BCUT2D eigenvalue weighted by Crippen LogP contribution is 2.23. The third-order valence-electron chi connectivity index (χ3n) is 1.79. The predicted octanol–water partition coefficient (Wildman–Crippen LogP) is 4.55. The van der Waals surface area contributed by atoms with Crippen LogP contribution in [0.1, 0.15) is 10.4 Å². The number of halogens is 5. The number of hydrogen-bond acceptors (Lipinski definition) is 3. The van der Waals surface area contributed by atoms with Crippen molar-refractivity contribution in [2.45, 2.75) is 4.84 Å². The summed E-state index contributed by atoms with van der Waals surface area (Å²) in [6.45, 7) is 0. The van der Waals surface area contributed by atoms with E-state index in [4.69, 9.17) is 58.0 Å². The molecule has 8 heteroatoms. The first kappa shape index (κ1) is 15.9. The summed E-state index contributed by atoms with van der Waals surface area (Å²) in [4.78, 5) is 15.3. The summed E-state index contributed by atoms with van der Waals surface area (Å²) in [7, 11) is 0. The summed E-state index contributed by atoms with van der Waals surface area (Å²) >= 11 is 28.1. The highest BCUT2D eigenvalue weighted by molar-refractivity contribution is 6.56. The molecule has 0 aliphatic carbocycles. The van der Waals surface area contributed by atoms with Gasteiger partial charge in [-0.1, -0.05) is 51.6 Å². The molecule has 0 heterocycles. The largest absolute Gasteiger partial charge is 0.365 e. The SMILES string of the molecule is O=C(ON=C(CCl)C(Cl)Cl)c1ccc(Cl)c(Cl)c1. The van der Waals surface area contributed by atoms with Crippen LogP contribution in [-0.2, 0) is 4.84 Å². The van der Waals surface area contributed by atoms with Crippen molar-refractivity contribution in [1.82, 2.24) is 0 Å². The summed E-state index contributed by atoms with van der Waals surface area (Å²) in [6.07, 6.45) is 0. The first-order valence-electron chi connectivity index (χ1n) is 4.53. The lowest BCUT2D eigenvalue weighted by atomic mass is 10.2. The molecule has 0 aliphatic heterocycles. The second-order valence-electron chi connectivity index (χ2n) is 3.02. The van der Waals surface area contributed by atoms with Crippen LogP contribution in [-0.4, -0.2) is 22.4 Å². The Morgan fingerprint density at radius 2 is 1.94 bits per heavy atom. The van der Waals surface area contributed by atoms with Gasteiger partial charge >= 0.3 is 5.97 Å². The zero-order chi connectivity index (χ0) is 13.7. The standard InChI is InChI=1S/C10H6Cl5NO2/c11-4-8(9(14)15)16-18-10(17)5-1-2-6(12)7(13)3-5/h1-3,9H,4H2. The number of hydrogen-bond donors (Lipinski definition) is 0. The molecule has 0 aromatic heterocycles. The van der Waals surface area contributed by atoms with Gasteiger partial charge in [-0.05, 0) is 18.2 Å². The molecule has 0 aliphatic rings. The fourth-order valence-corrected chi connectivity index (χ4v) is 1.79. The van der Waals surface area contributed by atoms with Crippen molar-refractivity contribution < 1.29 is 9.63 Å². The Hall–Kier alpha value is -0.190. The van der Waals surface area contributed by atoms with Crippen molar-refractivity contribution >= 4 is 69.7 Å². The molecule has 1 aromatic carbocycles. The predicted molar refractivity (Wildman–Crippen MR) is 75.5 cm³/mol. The molecule has 0 saturated carbocycles. The van der Waals surface area contributed by atoms with Gasteiger partial charge in [0.15, 0.2) is 0 Å². The van der Waals surface area contributed by atoms with Crippen LogP contribution in [0.4, 0.5) is 0 Å². The van der Waals surface area contributed by atoms with E-state index in [0.717, 1.165) is 0 Å². The van der Waals surface area contributed by atoms with Crippen LogP contribution in [0.25, 0.3) is 0 Å². The Labute approximate surface area is 129 Å².